The molecule has 0 aromatic heterocycles. The Hall–Kier alpha value is -2.13. The molecule has 2 aromatic carbocycles. The molecule has 0 atom stereocenters. The minimum atomic E-state index is -0.896. The number of carbonyl (C=O) groups is 1. The minimum Gasteiger partial charge on any atom is -0.478 e. The Morgan fingerprint density at radius 1 is 1.20 bits per heavy atom. The summed E-state index contributed by atoms with van der Waals surface area (Å²) in [6.45, 7) is 1.55. The predicted octanol–water partition coefficient (Wildman–Crippen LogP) is 2.95. The van der Waals surface area contributed by atoms with E-state index in [1.807, 2.05) is 7.05 Å². The van der Waals surface area contributed by atoms with Gasteiger partial charge in [-0.1, -0.05) is 48.5 Å². The zero-order chi connectivity index (χ0) is 14.4. The number of rotatable bonds is 6. The highest BCUT2D eigenvalue weighted by molar-refractivity contribution is 5.85. The molecule has 0 aliphatic rings. The number of fused-ring (bicyclic) bond motifs is 1. The Balaban J connectivity index is 1.97. The number of aliphatic carboxylic acids is 1. The molecular weight excluding hydrogens is 250 g/mol. The SMILES string of the molecule is CN(C/C=C/C(=O)O)CCc1cccc2ccccc12. The van der Waals surface area contributed by atoms with Gasteiger partial charge in [0.25, 0.3) is 0 Å². The van der Waals surface area contributed by atoms with E-state index in [9.17, 15) is 4.79 Å². The lowest BCUT2D eigenvalue weighted by Gasteiger charge is -2.15. The number of hydrogen-bond donors (Lipinski definition) is 1. The number of benzene rings is 2. The van der Waals surface area contributed by atoms with Crippen LogP contribution in [0.2, 0.25) is 0 Å². The maximum Gasteiger partial charge on any atom is 0.328 e. The van der Waals surface area contributed by atoms with Gasteiger partial charge in [-0.15, -0.1) is 0 Å². The lowest BCUT2D eigenvalue weighted by molar-refractivity contribution is -0.131. The molecule has 0 saturated heterocycles. The van der Waals surface area contributed by atoms with Gasteiger partial charge >= 0.3 is 5.97 Å². The van der Waals surface area contributed by atoms with Gasteiger partial charge in [-0.05, 0) is 29.8 Å². The molecule has 2 rings (SSSR count). The summed E-state index contributed by atoms with van der Waals surface area (Å²) in [5.74, 6) is -0.896. The lowest BCUT2D eigenvalue weighted by atomic mass is 10.0. The lowest BCUT2D eigenvalue weighted by Crippen LogP contribution is -2.21. The van der Waals surface area contributed by atoms with E-state index < -0.39 is 5.97 Å². The molecule has 0 unspecified atom stereocenters. The molecule has 0 aliphatic heterocycles. The van der Waals surface area contributed by atoms with Crippen LogP contribution in [0.25, 0.3) is 10.8 Å². The summed E-state index contributed by atoms with van der Waals surface area (Å²) in [6, 6.07) is 14.7. The third-order valence-corrected chi connectivity index (χ3v) is 3.32. The molecule has 0 spiro atoms. The smallest absolute Gasteiger partial charge is 0.328 e. The molecule has 0 radical (unpaired) electrons. The van der Waals surface area contributed by atoms with Crippen LogP contribution >= 0.6 is 0 Å². The number of carboxylic acid groups (broad SMARTS) is 1. The first-order chi connectivity index (χ1) is 9.66. The van der Waals surface area contributed by atoms with Gasteiger partial charge in [0, 0.05) is 19.2 Å². The van der Waals surface area contributed by atoms with Gasteiger partial charge < -0.3 is 10.0 Å². The molecular formula is C17H19NO2. The summed E-state index contributed by atoms with van der Waals surface area (Å²) in [7, 11) is 2.00. The Morgan fingerprint density at radius 2 is 1.95 bits per heavy atom. The van der Waals surface area contributed by atoms with E-state index in [2.05, 4.69) is 47.4 Å². The standard InChI is InChI=1S/C17H19NO2/c1-18(12-5-10-17(19)20)13-11-15-8-4-7-14-6-2-3-9-16(14)15/h2-10H,11-13H2,1H3,(H,19,20)/b10-5+. The molecule has 0 heterocycles. The second-order valence-electron chi connectivity index (χ2n) is 4.89. The average Bonchev–Trinajstić information content (AvgIpc) is 2.44. The van der Waals surface area contributed by atoms with Crippen molar-refractivity contribution in [2.75, 3.05) is 20.1 Å². The van der Waals surface area contributed by atoms with Crippen LogP contribution in [-0.4, -0.2) is 36.1 Å². The molecule has 2 aromatic rings. The highest BCUT2D eigenvalue weighted by atomic mass is 16.4. The third-order valence-electron chi connectivity index (χ3n) is 3.32. The summed E-state index contributed by atoms with van der Waals surface area (Å²) in [6.07, 6.45) is 3.82. The molecule has 0 bridgehead atoms. The normalized spacial score (nSPS) is 11.5. The van der Waals surface area contributed by atoms with E-state index in [1.54, 1.807) is 6.08 Å². The summed E-state index contributed by atoms with van der Waals surface area (Å²) >= 11 is 0. The van der Waals surface area contributed by atoms with Crippen LogP contribution in [0.1, 0.15) is 5.56 Å². The predicted molar refractivity (Wildman–Crippen MR) is 81.9 cm³/mol. The van der Waals surface area contributed by atoms with Crippen LogP contribution in [0.3, 0.4) is 0 Å². The summed E-state index contributed by atoms with van der Waals surface area (Å²) in [5.41, 5.74) is 1.33. The molecule has 0 saturated carbocycles. The number of nitrogens with zero attached hydrogens (tertiary/aromatic N) is 1. The largest absolute Gasteiger partial charge is 0.478 e. The average molecular weight is 269 g/mol. The first-order valence-electron chi connectivity index (χ1n) is 6.71. The number of carboxylic acids is 1. The topological polar surface area (TPSA) is 40.5 Å². The van der Waals surface area contributed by atoms with Gasteiger partial charge in [0.15, 0.2) is 0 Å². The zero-order valence-corrected chi connectivity index (χ0v) is 11.6. The van der Waals surface area contributed by atoms with Crippen molar-refractivity contribution >= 4 is 16.7 Å². The van der Waals surface area contributed by atoms with E-state index in [0.717, 1.165) is 13.0 Å². The minimum absolute atomic E-state index is 0.650. The number of likely N-dealkylation sites (N-methyl/N-ethyl adjacent to an activating group) is 1. The maximum absolute atomic E-state index is 10.4. The van der Waals surface area contributed by atoms with Crippen LogP contribution < -0.4 is 0 Å². The molecule has 3 heteroatoms. The Kier molecular flexibility index (Phi) is 4.91. The van der Waals surface area contributed by atoms with Gasteiger partial charge in [-0.25, -0.2) is 4.79 Å². The fourth-order valence-corrected chi connectivity index (χ4v) is 2.25. The van der Waals surface area contributed by atoms with E-state index in [0.29, 0.717) is 6.54 Å². The molecule has 104 valence electrons. The monoisotopic (exact) mass is 269 g/mol. The second-order valence-corrected chi connectivity index (χ2v) is 4.89. The van der Waals surface area contributed by atoms with Gasteiger partial charge in [0.05, 0.1) is 0 Å². The van der Waals surface area contributed by atoms with E-state index in [1.165, 1.54) is 22.4 Å². The molecule has 0 amide bonds. The fourth-order valence-electron chi connectivity index (χ4n) is 2.25. The third kappa shape index (κ3) is 3.93. The highest BCUT2D eigenvalue weighted by Gasteiger charge is 2.02. The Bertz CT molecular complexity index is 614. The maximum atomic E-state index is 10.4. The first-order valence-corrected chi connectivity index (χ1v) is 6.71. The van der Waals surface area contributed by atoms with Crippen molar-refractivity contribution in [3.63, 3.8) is 0 Å². The van der Waals surface area contributed by atoms with E-state index in [-0.39, 0.29) is 0 Å². The Labute approximate surface area is 119 Å². The number of hydrogen-bond acceptors (Lipinski definition) is 2. The highest BCUT2D eigenvalue weighted by Crippen LogP contribution is 2.18. The first kappa shape index (κ1) is 14.3. The van der Waals surface area contributed by atoms with Crippen molar-refractivity contribution < 1.29 is 9.90 Å². The van der Waals surface area contributed by atoms with Crippen molar-refractivity contribution in [1.29, 1.82) is 0 Å². The molecule has 1 N–H and O–H groups in total. The van der Waals surface area contributed by atoms with Crippen LogP contribution in [0.5, 0.6) is 0 Å². The zero-order valence-electron chi connectivity index (χ0n) is 11.6. The van der Waals surface area contributed by atoms with Gasteiger partial charge in [-0.3, -0.25) is 0 Å². The summed E-state index contributed by atoms with van der Waals surface area (Å²) in [4.78, 5) is 12.5. The molecule has 0 fully saturated rings. The molecule has 0 aliphatic carbocycles. The van der Waals surface area contributed by atoms with Gasteiger partial charge in [-0.2, -0.15) is 0 Å². The van der Waals surface area contributed by atoms with E-state index in [4.69, 9.17) is 5.11 Å². The quantitative estimate of drug-likeness (QED) is 0.820. The van der Waals surface area contributed by atoms with Crippen LogP contribution in [-0.2, 0) is 11.2 Å². The van der Waals surface area contributed by atoms with Crippen LogP contribution in [0.4, 0.5) is 0 Å². The van der Waals surface area contributed by atoms with Crippen molar-refractivity contribution in [3.8, 4) is 0 Å². The van der Waals surface area contributed by atoms with Crippen LogP contribution in [0, 0.1) is 0 Å². The Morgan fingerprint density at radius 3 is 2.75 bits per heavy atom. The van der Waals surface area contributed by atoms with Crippen molar-refractivity contribution in [2.45, 2.75) is 6.42 Å². The summed E-state index contributed by atoms with van der Waals surface area (Å²) < 4.78 is 0. The van der Waals surface area contributed by atoms with Gasteiger partial charge in [0.1, 0.15) is 0 Å². The van der Waals surface area contributed by atoms with Crippen molar-refractivity contribution in [2.24, 2.45) is 0 Å². The van der Waals surface area contributed by atoms with Crippen molar-refractivity contribution in [1.82, 2.24) is 4.90 Å². The molecule has 20 heavy (non-hydrogen) atoms. The second kappa shape index (κ2) is 6.87. The van der Waals surface area contributed by atoms with Gasteiger partial charge in [0.2, 0.25) is 0 Å². The fraction of sp³-hybridized carbons (Fsp3) is 0.235. The van der Waals surface area contributed by atoms with E-state index >= 15 is 0 Å². The summed E-state index contributed by atoms with van der Waals surface area (Å²) in [5, 5.41) is 11.1. The molecule has 3 nitrogen and oxygen atoms in total. The van der Waals surface area contributed by atoms with Crippen molar-refractivity contribution in [3.05, 3.63) is 60.2 Å². The van der Waals surface area contributed by atoms with Crippen LogP contribution in [0.15, 0.2) is 54.6 Å².